The van der Waals surface area contributed by atoms with Crippen LogP contribution in [0.3, 0.4) is 0 Å². The first kappa shape index (κ1) is 25.0. The molecule has 4 saturated carbocycles. The first-order valence-electron chi connectivity index (χ1n) is 17.2. The van der Waals surface area contributed by atoms with Crippen LogP contribution >= 0.6 is 0 Å². The molecule has 0 N–H and O–H groups in total. The van der Waals surface area contributed by atoms with E-state index in [4.69, 9.17) is 0 Å². The molecule has 5 aromatic rings. The van der Waals surface area contributed by atoms with E-state index in [-0.39, 0.29) is 12.1 Å². The number of fused-ring (bicyclic) bond motifs is 6. The number of para-hydroxylation sites is 3. The third kappa shape index (κ3) is 2.95. The zero-order chi connectivity index (χ0) is 29.6. The predicted octanol–water partition coefficient (Wildman–Crippen LogP) is 8.44. The van der Waals surface area contributed by atoms with Gasteiger partial charge >= 0.3 is 0 Å². The van der Waals surface area contributed by atoms with Crippen molar-refractivity contribution in [3.8, 4) is 0 Å². The van der Waals surface area contributed by atoms with E-state index in [2.05, 4.69) is 127 Å². The Bertz CT molecular complexity index is 2070. The maximum atomic E-state index is 2.70. The van der Waals surface area contributed by atoms with Crippen molar-refractivity contribution in [2.75, 3.05) is 9.80 Å². The van der Waals surface area contributed by atoms with Gasteiger partial charge in [0.2, 0.25) is 0 Å². The van der Waals surface area contributed by atoms with Gasteiger partial charge in [-0.25, -0.2) is 0 Å². The fraction of sp³-hybridized carbons (Fsp3) is 0.286. The van der Waals surface area contributed by atoms with E-state index in [1.54, 1.807) is 11.1 Å². The molecule has 7 aliphatic rings. The van der Waals surface area contributed by atoms with Crippen LogP contribution in [0.15, 0.2) is 103 Å². The largest absolute Gasteiger partial charge is 0.311 e. The molecule has 0 unspecified atom stereocenters. The summed E-state index contributed by atoms with van der Waals surface area (Å²) in [7, 11) is 0. The highest BCUT2D eigenvalue weighted by Crippen LogP contribution is 2.69. The SMILES string of the molecule is Cc1ccc2c(c1)N(c1ccccc1C)c1cccc3c1B2c1cccc2c1N3c1ccccc1C21C2CC3CC(C2)CC1C3. The summed E-state index contributed by atoms with van der Waals surface area (Å²) in [6.07, 6.45) is 7.10. The molecule has 4 aliphatic carbocycles. The molecule has 0 atom stereocenters. The van der Waals surface area contributed by atoms with Crippen LogP contribution in [0, 0.1) is 37.5 Å². The number of aryl methyl sites for hydroxylation is 2. The Balaban J connectivity index is 1.24. The Labute approximate surface area is 266 Å². The third-order valence-corrected chi connectivity index (χ3v) is 13.0. The van der Waals surface area contributed by atoms with Crippen LogP contribution in [0.2, 0.25) is 0 Å². The average molecular weight is 581 g/mol. The van der Waals surface area contributed by atoms with Crippen molar-refractivity contribution in [3.63, 3.8) is 0 Å². The van der Waals surface area contributed by atoms with Crippen LogP contribution in [0.1, 0.15) is 54.4 Å². The lowest BCUT2D eigenvalue weighted by molar-refractivity contribution is -0.0419. The van der Waals surface area contributed by atoms with Gasteiger partial charge in [-0.2, -0.15) is 0 Å². The summed E-state index contributed by atoms with van der Waals surface area (Å²) < 4.78 is 0. The van der Waals surface area contributed by atoms with Crippen molar-refractivity contribution < 1.29 is 0 Å². The standard InChI is InChI=1S/C42H37BN2/c1-25-17-18-33-39(19-25)44(35-13-5-3-9-26(35)2)37-15-8-16-38-40(37)43(33)34-12-7-11-32-41(34)45(38)36-14-6-4-10-31(36)42(32)29-21-27-20-28(23-29)24-30(42)22-27/h3-19,27-30H,20-24H2,1-2H3. The van der Waals surface area contributed by atoms with Gasteiger partial charge in [0.15, 0.2) is 0 Å². The number of hydrogen-bond acceptors (Lipinski definition) is 2. The summed E-state index contributed by atoms with van der Waals surface area (Å²) in [4.78, 5) is 5.25. The Morgan fingerprint density at radius 3 is 1.98 bits per heavy atom. The minimum absolute atomic E-state index is 0.124. The van der Waals surface area contributed by atoms with Crippen molar-refractivity contribution in [1.82, 2.24) is 0 Å². The molecule has 3 heterocycles. The molecule has 12 rings (SSSR count). The van der Waals surface area contributed by atoms with E-state index in [9.17, 15) is 0 Å². The van der Waals surface area contributed by atoms with Crippen LogP contribution in [-0.4, -0.2) is 6.71 Å². The first-order valence-corrected chi connectivity index (χ1v) is 17.2. The molecule has 218 valence electrons. The number of anilines is 6. The molecule has 3 aliphatic heterocycles. The second-order valence-corrected chi connectivity index (χ2v) is 15.1. The lowest BCUT2D eigenvalue weighted by Crippen LogP contribution is -2.64. The summed E-state index contributed by atoms with van der Waals surface area (Å²) in [5.41, 5.74) is 18.5. The van der Waals surface area contributed by atoms with Gasteiger partial charge in [0.1, 0.15) is 0 Å². The molecule has 0 aromatic heterocycles. The maximum absolute atomic E-state index is 2.70. The predicted molar refractivity (Wildman–Crippen MR) is 188 cm³/mol. The molecule has 2 nitrogen and oxygen atoms in total. The molecule has 4 fully saturated rings. The molecular formula is C42H37BN2. The zero-order valence-corrected chi connectivity index (χ0v) is 26.1. The number of nitrogens with zero attached hydrogens (tertiary/aromatic N) is 2. The Morgan fingerprint density at radius 1 is 0.556 bits per heavy atom. The monoisotopic (exact) mass is 580 g/mol. The highest BCUT2D eigenvalue weighted by Gasteiger charge is 2.62. The summed E-state index contributed by atoms with van der Waals surface area (Å²) >= 11 is 0. The fourth-order valence-electron chi connectivity index (χ4n) is 11.7. The van der Waals surface area contributed by atoms with Gasteiger partial charge in [-0.15, -0.1) is 0 Å². The molecule has 0 radical (unpaired) electrons. The first-order chi connectivity index (χ1) is 22.1. The van der Waals surface area contributed by atoms with E-state index >= 15 is 0 Å². The van der Waals surface area contributed by atoms with Crippen molar-refractivity contribution in [2.45, 2.75) is 51.4 Å². The van der Waals surface area contributed by atoms with Gasteiger partial charge in [-0.1, -0.05) is 72.8 Å². The van der Waals surface area contributed by atoms with Crippen LogP contribution in [-0.2, 0) is 5.41 Å². The minimum Gasteiger partial charge on any atom is -0.311 e. The molecule has 4 bridgehead atoms. The topological polar surface area (TPSA) is 6.48 Å². The highest BCUT2D eigenvalue weighted by molar-refractivity contribution is 7.00. The van der Waals surface area contributed by atoms with Crippen LogP contribution in [0.4, 0.5) is 34.1 Å². The van der Waals surface area contributed by atoms with Crippen molar-refractivity contribution in [1.29, 1.82) is 0 Å². The van der Waals surface area contributed by atoms with E-state index in [1.807, 2.05) is 0 Å². The van der Waals surface area contributed by atoms with E-state index in [1.165, 1.54) is 93.7 Å². The number of benzene rings is 5. The molecule has 3 heteroatoms. The van der Waals surface area contributed by atoms with E-state index in [0.717, 1.165) is 23.7 Å². The summed E-state index contributed by atoms with van der Waals surface area (Å²) in [5.74, 6) is 3.36. The Morgan fingerprint density at radius 2 is 1.20 bits per heavy atom. The number of hydrogen-bond donors (Lipinski definition) is 0. The summed E-state index contributed by atoms with van der Waals surface area (Å²) in [5, 5.41) is 0. The fourth-order valence-corrected chi connectivity index (χ4v) is 11.7. The summed E-state index contributed by atoms with van der Waals surface area (Å²) in [6.45, 7) is 4.69. The Hall–Kier alpha value is -4.24. The normalized spacial score (nSPS) is 27.3. The zero-order valence-electron chi connectivity index (χ0n) is 26.1. The molecular weight excluding hydrogens is 543 g/mol. The van der Waals surface area contributed by atoms with Crippen LogP contribution in [0.5, 0.6) is 0 Å². The third-order valence-electron chi connectivity index (χ3n) is 13.0. The number of rotatable bonds is 1. The smallest absolute Gasteiger partial charge is 0.252 e. The van der Waals surface area contributed by atoms with E-state index in [0.29, 0.717) is 0 Å². The lowest BCUT2D eigenvalue weighted by Gasteiger charge is -2.64. The van der Waals surface area contributed by atoms with Crippen molar-refractivity contribution in [3.05, 3.63) is 125 Å². The lowest BCUT2D eigenvalue weighted by atomic mass is 9.32. The maximum Gasteiger partial charge on any atom is 0.252 e. The van der Waals surface area contributed by atoms with Gasteiger partial charge in [-0.05, 0) is 139 Å². The van der Waals surface area contributed by atoms with Crippen LogP contribution in [0.25, 0.3) is 0 Å². The highest BCUT2D eigenvalue weighted by atomic mass is 15.2. The minimum atomic E-state index is 0.124. The average Bonchev–Trinajstić information content (AvgIpc) is 3.05. The van der Waals surface area contributed by atoms with Gasteiger partial charge in [0.05, 0.1) is 5.69 Å². The molecule has 45 heavy (non-hydrogen) atoms. The van der Waals surface area contributed by atoms with Gasteiger partial charge in [-0.3, -0.25) is 0 Å². The van der Waals surface area contributed by atoms with Gasteiger partial charge < -0.3 is 9.80 Å². The molecule has 0 amide bonds. The van der Waals surface area contributed by atoms with Gasteiger partial charge in [0.25, 0.3) is 6.71 Å². The molecule has 5 aromatic carbocycles. The second-order valence-electron chi connectivity index (χ2n) is 15.1. The quantitative estimate of drug-likeness (QED) is 0.180. The summed E-state index contributed by atoms with van der Waals surface area (Å²) in [6, 6.07) is 40.2. The molecule has 0 saturated heterocycles. The Kier molecular flexibility index (Phi) is 4.73. The van der Waals surface area contributed by atoms with Gasteiger partial charge in [0, 0.05) is 33.9 Å². The second kappa shape index (κ2) is 8.52. The molecule has 1 spiro atoms. The van der Waals surface area contributed by atoms with Crippen molar-refractivity contribution in [2.24, 2.45) is 23.7 Å². The van der Waals surface area contributed by atoms with E-state index < -0.39 is 0 Å². The van der Waals surface area contributed by atoms with Crippen LogP contribution < -0.4 is 26.2 Å². The van der Waals surface area contributed by atoms with Crippen molar-refractivity contribution >= 4 is 57.2 Å².